The topological polar surface area (TPSA) is 289 Å². The Balaban J connectivity index is 6.00. The second-order valence-corrected chi connectivity index (χ2v) is 11.7. The van der Waals surface area contributed by atoms with Crippen molar-refractivity contribution in [3.63, 3.8) is 0 Å². The standard InChI is InChI=1S/C27H47N7O10/c1-11(2)8-17(27(43)44)32-24(40)16(10-19(36)37)30-23(39)15(9-18(29)35)31-25(41)20(12(3)4)34-26(42)21(13(5)6)33-22(38)14(7)28/h11-17,20-21H,8-10,28H2,1-7H3,(H2,29,35)(H,30,39)(H,31,41)(H,32,40)(H,33,38)(H,34,42)(H,36,37)(H,43,44). The van der Waals surface area contributed by atoms with Crippen molar-refractivity contribution in [2.75, 3.05) is 0 Å². The molecule has 6 amide bonds. The third-order valence-electron chi connectivity index (χ3n) is 6.28. The van der Waals surface area contributed by atoms with Gasteiger partial charge in [-0.15, -0.1) is 0 Å². The van der Waals surface area contributed by atoms with Crippen LogP contribution in [0, 0.1) is 17.8 Å². The fraction of sp³-hybridized carbons (Fsp3) is 0.704. The quantitative estimate of drug-likeness (QED) is 0.0722. The van der Waals surface area contributed by atoms with E-state index in [1.807, 2.05) is 0 Å². The molecule has 44 heavy (non-hydrogen) atoms. The minimum atomic E-state index is -1.78. The van der Waals surface area contributed by atoms with Gasteiger partial charge in [-0.1, -0.05) is 41.5 Å². The third-order valence-corrected chi connectivity index (χ3v) is 6.28. The van der Waals surface area contributed by atoms with Crippen LogP contribution in [-0.4, -0.2) is 93.8 Å². The molecule has 0 radical (unpaired) electrons. The molecule has 0 rings (SSSR count). The molecule has 0 aliphatic heterocycles. The van der Waals surface area contributed by atoms with E-state index in [1.165, 1.54) is 6.92 Å². The summed E-state index contributed by atoms with van der Waals surface area (Å²) in [6, 6.07) is -8.09. The van der Waals surface area contributed by atoms with E-state index in [1.54, 1.807) is 41.5 Å². The minimum absolute atomic E-state index is 0.0179. The average Bonchev–Trinajstić information content (AvgIpc) is 2.87. The number of hydrogen-bond acceptors (Lipinski definition) is 9. The Morgan fingerprint density at radius 2 is 0.955 bits per heavy atom. The molecule has 0 fully saturated rings. The van der Waals surface area contributed by atoms with Gasteiger partial charge in [-0.3, -0.25) is 33.6 Å². The summed E-state index contributed by atoms with van der Waals surface area (Å²) >= 11 is 0. The van der Waals surface area contributed by atoms with Crippen LogP contribution in [0.1, 0.15) is 67.7 Å². The maximum absolute atomic E-state index is 13.3. The fourth-order valence-electron chi connectivity index (χ4n) is 3.89. The van der Waals surface area contributed by atoms with Crippen LogP contribution in [0.5, 0.6) is 0 Å². The van der Waals surface area contributed by atoms with Crippen LogP contribution in [0.2, 0.25) is 0 Å². The maximum Gasteiger partial charge on any atom is 0.326 e. The number of carboxylic acids is 2. The van der Waals surface area contributed by atoms with Gasteiger partial charge in [0.1, 0.15) is 30.2 Å². The number of rotatable bonds is 19. The van der Waals surface area contributed by atoms with Crippen LogP contribution >= 0.6 is 0 Å². The number of primary amides is 1. The van der Waals surface area contributed by atoms with Crippen LogP contribution in [0.15, 0.2) is 0 Å². The SMILES string of the molecule is CC(C)CC(NC(=O)C(CC(=O)O)NC(=O)C(CC(N)=O)NC(=O)C(NC(=O)C(NC(=O)C(C)N)C(C)C)C(C)C)C(=O)O. The first-order chi connectivity index (χ1) is 20.2. The highest BCUT2D eigenvalue weighted by molar-refractivity contribution is 5.98. The van der Waals surface area contributed by atoms with Gasteiger partial charge in [-0.05, 0) is 31.1 Å². The first-order valence-corrected chi connectivity index (χ1v) is 14.2. The Kier molecular flexibility index (Phi) is 16.6. The average molecular weight is 630 g/mol. The predicted molar refractivity (Wildman–Crippen MR) is 156 cm³/mol. The fourth-order valence-corrected chi connectivity index (χ4v) is 3.89. The zero-order chi connectivity index (χ0) is 34.5. The largest absolute Gasteiger partial charge is 0.481 e. The molecule has 250 valence electrons. The van der Waals surface area contributed by atoms with E-state index in [9.17, 15) is 48.6 Å². The highest BCUT2D eigenvalue weighted by atomic mass is 16.4. The summed E-state index contributed by atoms with van der Waals surface area (Å²) in [7, 11) is 0. The Hall–Kier alpha value is -4.28. The van der Waals surface area contributed by atoms with E-state index in [2.05, 4.69) is 26.6 Å². The van der Waals surface area contributed by atoms with Gasteiger partial charge in [-0.2, -0.15) is 0 Å². The summed E-state index contributed by atoms with van der Waals surface area (Å²) in [4.78, 5) is 99.1. The van der Waals surface area contributed by atoms with E-state index < -0.39 is 108 Å². The molecular formula is C27H47N7O10. The van der Waals surface area contributed by atoms with Gasteiger partial charge in [0, 0.05) is 0 Å². The van der Waals surface area contributed by atoms with E-state index in [0.29, 0.717) is 0 Å². The molecule has 0 aromatic heterocycles. The van der Waals surface area contributed by atoms with Gasteiger partial charge in [0.05, 0.1) is 18.9 Å². The van der Waals surface area contributed by atoms with Crippen molar-refractivity contribution >= 4 is 47.4 Å². The van der Waals surface area contributed by atoms with Gasteiger partial charge in [0.2, 0.25) is 35.4 Å². The summed E-state index contributed by atoms with van der Waals surface area (Å²) in [6.45, 7) is 11.3. The molecule has 11 N–H and O–H groups in total. The number of amides is 6. The predicted octanol–water partition coefficient (Wildman–Crippen LogP) is -2.45. The van der Waals surface area contributed by atoms with Crippen molar-refractivity contribution in [2.24, 2.45) is 29.2 Å². The zero-order valence-electron chi connectivity index (χ0n) is 26.1. The van der Waals surface area contributed by atoms with Crippen LogP contribution in [0.3, 0.4) is 0 Å². The summed E-state index contributed by atoms with van der Waals surface area (Å²) in [5, 5.41) is 30.4. The van der Waals surface area contributed by atoms with Crippen LogP contribution in [-0.2, 0) is 38.4 Å². The first-order valence-electron chi connectivity index (χ1n) is 14.2. The van der Waals surface area contributed by atoms with Crippen LogP contribution in [0.4, 0.5) is 0 Å². The van der Waals surface area contributed by atoms with Crippen molar-refractivity contribution in [3.8, 4) is 0 Å². The van der Waals surface area contributed by atoms with E-state index in [-0.39, 0.29) is 12.3 Å². The lowest BCUT2D eigenvalue weighted by molar-refractivity contribution is -0.144. The lowest BCUT2D eigenvalue weighted by Gasteiger charge is -2.29. The number of carbonyl (C=O) groups excluding carboxylic acids is 6. The highest BCUT2D eigenvalue weighted by Crippen LogP contribution is 2.09. The van der Waals surface area contributed by atoms with E-state index in [4.69, 9.17) is 11.5 Å². The van der Waals surface area contributed by atoms with Crippen molar-refractivity contribution in [1.29, 1.82) is 0 Å². The second kappa shape index (κ2) is 18.4. The van der Waals surface area contributed by atoms with Crippen molar-refractivity contribution < 1.29 is 48.6 Å². The summed E-state index contributed by atoms with van der Waals surface area (Å²) in [5.74, 6) is -9.52. The van der Waals surface area contributed by atoms with Gasteiger partial charge >= 0.3 is 11.9 Å². The van der Waals surface area contributed by atoms with Crippen molar-refractivity contribution in [2.45, 2.75) is 104 Å². The van der Waals surface area contributed by atoms with Gasteiger partial charge in [0.15, 0.2) is 0 Å². The molecule has 0 saturated heterocycles. The lowest BCUT2D eigenvalue weighted by atomic mass is 9.99. The number of hydrogen-bond donors (Lipinski definition) is 9. The second-order valence-electron chi connectivity index (χ2n) is 11.7. The highest BCUT2D eigenvalue weighted by Gasteiger charge is 2.35. The molecule has 17 heteroatoms. The van der Waals surface area contributed by atoms with Crippen molar-refractivity contribution in [1.82, 2.24) is 26.6 Å². The van der Waals surface area contributed by atoms with Gasteiger partial charge in [-0.25, -0.2) is 4.79 Å². The number of carboxylic acid groups (broad SMARTS) is 2. The smallest absolute Gasteiger partial charge is 0.326 e. The summed E-state index contributed by atoms with van der Waals surface area (Å²) < 4.78 is 0. The molecule has 0 aromatic rings. The Bertz CT molecular complexity index is 1080. The molecule has 0 saturated carbocycles. The third kappa shape index (κ3) is 14.3. The van der Waals surface area contributed by atoms with E-state index in [0.717, 1.165) is 0 Å². The lowest BCUT2D eigenvalue weighted by Crippen LogP contribution is -2.61. The molecule has 0 aliphatic rings. The number of aliphatic carboxylic acids is 2. The van der Waals surface area contributed by atoms with Crippen molar-refractivity contribution in [3.05, 3.63) is 0 Å². The monoisotopic (exact) mass is 629 g/mol. The molecule has 0 bridgehead atoms. The number of nitrogens with one attached hydrogen (secondary N) is 5. The summed E-state index contributed by atoms with van der Waals surface area (Å²) in [5.41, 5.74) is 10.8. The van der Waals surface area contributed by atoms with Crippen LogP contribution in [0.25, 0.3) is 0 Å². The Morgan fingerprint density at radius 1 is 0.568 bits per heavy atom. The van der Waals surface area contributed by atoms with E-state index >= 15 is 0 Å². The first kappa shape index (κ1) is 39.7. The molecule has 17 nitrogen and oxygen atoms in total. The number of carbonyl (C=O) groups is 8. The molecule has 6 unspecified atom stereocenters. The number of nitrogens with two attached hydrogens (primary N) is 2. The van der Waals surface area contributed by atoms with Crippen LogP contribution < -0.4 is 38.1 Å². The zero-order valence-corrected chi connectivity index (χ0v) is 26.1. The Labute approximate surface area is 256 Å². The molecule has 0 aromatic carbocycles. The van der Waals surface area contributed by atoms with Gasteiger partial charge in [0.25, 0.3) is 0 Å². The normalized spacial score (nSPS) is 15.2. The minimum Gasteiger partial charge on any atom is -0.481 e. The molecule has 6 atom stereocenters. The maximum atomic E-state index is 13.3. The summed E-state index contributed by atoms with van der Waals surface area (Å²) in [6.07, 6.45) is -1.69. The molecule has 0 aliphatic carbocycles. The molecule has 0 spiro atoms. The molecular weight excluding hydrogens is 582 g/mol. The Morgan fingerprint density at radius 3 is 1.32 bits per heavy atom. The van der Waals surface area contributed by atoms with Gasteiger partial charge < -0.3 is 48.3 Å². The molecule has 0 heterocycles.